The summed E-state index contributed by atoms with van der Waals surface area (Å²) in [5.41, 5.74) is 12.3. The summed E-state index contributed by atoms with van der Waals surface area (Å²) in [6, 6.07) is 3.17. The highest BCUT2D eigenvalue weighted by molar-refractivity contribution is 5.87. The number of unbranched alkanes of at least 4 members (excludes halogenated alkanes) is 1. The van der Waals surface area contributed by atoms with Gasteiger partial charge in [-0.2, -0.15) is 0 Å². The van der Waals surface area contributed by atoms with Crippen molar-refractivity contribution in [1.29, 1.82) is 0 Å². The molecule has 2 aromatic rings. The lowest BCUT2D eigenvalue weighted by molar-refractivity contribution is -0.142. The SMILES string of the molecule is Cc1c(CC(=O)NCCCC[C@H](NC(=O)[C@@H](C)N)C(=O)O)c(=O)oc2cc(N)ccc12.Cl. The summed E-state index contributed by atoms with van der Waals surface area (Å²) in [5, 5.41) is 15.0. The molecule has 10 nitrogen and oxygen atoms in total. The third-order valence-electron chi connectivity index (χ3n) is 4.92. The van der Waals surface area contributed by atoms with Gasteiger partial charge in [0.25, 0.3) is 0 Å². The van der Waals surface area contributed by atoms with E-state index in [9.17, 15) is 24.3 Å². The van der Waals surface area contributed by atoms with Crippen molar-refractivity contribution in [2.24, 2.45) is 5.73 Å². The average Bonchev–Trinajstić information content (AvgIpc) is 2.69. The van der Waals surface area contributed by atoms with Gasteiger partial charge in [-0.05, 0) is 50.8 Å². The van der Waals surface area contributed by atoms with E-state index in [0.29, 0.717) is 41.6 Å². The van der Waals surface area contributed by atoms with Crippen LogP contribution in [-0.2, 0) is 20.8 Å². The van der Waals surface area contributed by atoms with E-state index in [-0.39, 0.29) is 36.7 Å². The highest BCUT2D eigenvalue weighted by Crippen LogP contribution is 2.21. The van der Waals surface area contributed by atoms with Gasteiger partial charge in [0, 0.05) is 23.7 Å². The van der Waals surface area contributed by atoms with Crippen LogP contribution in [0.5, 0.6) is 0 Å². The molecule has 0 aliphatic carbocycles. The highest BCUT2D eigenvalue weighted by atomic mass is 35.5. The molecule has 2 rings (SSSR count). The summed E-state index contributed by atoms with van der Waals surface area (Å²) in [6.45, 7) is 3.53. The Morgan fingerprint density at radius 2 is 1.91 bits per heavy atom. The molecule has 0 bridgehead atoms. The number of benzene rings is 1. The summed E-state index contributed by atoms with van der Waals surface area (Å²) in [6.07, 6.45) is 1.06. The van der Waals surface area contributed by atoms with E-state index >= 15 is 0 Å². The summed E-state index contributed by atoms with van der Waals surface area (Å²) < 4.78 is 5.28. The van der Waals surface area contributed by atoms with Crippen molar-refractivity contribution in [3.63, 3.8) is 0 Å². The van der Waals surface area contributed by atoms with Crippen molar-refractivity contribution in [2.75, 3.05) is 12.3 Å². The van der Waals surface area contributed by atoms with Crippen molar-refractivity contribution < 1.29 is 23.9 Å². The van der Waals surface area contributed by atoms with E-state index in [1.165, 1.54) is 6.92 Å². The molecule has 2 amide bonds. The van der Waals surface area contributed by atoms with Crippen LogP contribution in [0, 0.1) is 6.92 Å². The Kier molecular flexibility index (Phi) is 10.1. The van der Waals surface area contributed by atoms with Crippen LogP contribution in [0.1, 0.15) is 37.3 Å². The molecule has 0 spiro atoms. The number of carboxylic acids is 1. The van der Waals surface area contributed by atoms with Gasteiger partial charge in [-0.1, -0.05) is 0 Å². The van der Waals surface area contributed by atoms with Gasteiger partial charge >= 0.3 is 11.6 Å². The lowest BCUT2D eigenvalue weighted by atomic mass is 10.0. The molecule has 2 atom stereocenters. The van der Waals surface area contributed by atoms with Gasteiger partial charge in [-0.25, -0.2) is 9.59 Å². The molecule has 0 saturated carbocycles. The van der Waals surface area contributed by atoms with Crippen molar-refractivity contribution in [3.05, 3.63) is 39.7 Å². The molecular weight excluding hydrogens is 440 g/mol. The summed E-state index contributed by atoms with van der Waals surface area (Å²) in [7, 11) is 0. The first-order valence-electron chi connectivity index (χ1n) is 9.97. The number of aliphatic carboxylic acids is 1. The first kappa shape index (κ1) is 26.9. The number of halogens is 1. The van der Waals surface area contributed by atoms with Crippen LogP contribution < -0.4 is 27.7 Å². The molecule has 176 valence electrons. The van der Waals surface area contributed by atoms with E-state index < -0.39 is 29.6 Å². The smallest absolute Gasteiger partial charge is 0.340 e. The number of nitrogens with one attached hydrogen (secondary N) is 2. The van der Waals surface area contributed by atoms with Crippen LogP contribution in [-0.4, -0.2) is 41.5 Å². The molecule has 0 aliphatic rings. The number of aryl methyl sites for hydroxylation is 1. The molecule has 0 unspecified atom stereocenters. The first-order chi connectivity index (χ1) is 14.6. The maximum absolute atomic E-state index is 12.3. The molecule has 0 aliphatic heterocycles. The van der Waals surface area contributed by atoms with E-state index in [0.717, 1.165) is 0 Å². The van der Waals surface area contributed by atoms with Crippen molar-refractivity contribution in [1.82, 2.24) is 10.6 Å². The zero-order chi connectivity index (χ0) is 23.1. The number of carbonyl (C=O) groups is 3. The zero-order valence-corrected chi connectivity index (χ0v) is 18.8. The van der Waals surface area contributed by atoms with Crippen molar-refractivity contribution in [2.45, 2.75) is 51.6 Å². The number of hydrogen-bond donors (Lipinski definition) is 5. The fourth-order valence-electron chi connectivity index (χ4n) is 3.10. The largest absolute Gasteiger partial charge is 0.480 e. The van der Waals surface area contributed by atoms with Gasteiger partial charge in [0.05, 0.1) is 18.0 Å². The van der Waals surface area contributed by atoms with Crippen molar-refractivity contribution >= 4 is 46.8 Å². The Bertz CT molecular complexity index is 1040. The number of anilines is 1. The number of fused-ring (bicyclic) bond motifs is 1. The quantitative estimate of drug-likeness (QED) is 0.193. The molecule has 0 radical (unpaired) electrons. The second-order valence-corrected chi connectivity index (χ2v) is 7.46. The molecule has 7 N–H and O–H groups in total. The van der Waals surface area contributed by atoms with E-state index in [4.69, 9.17) is 15.9 Å². The zero-order valence-electron chi connectivity index (χ0n) is 18.0. The van der Waals surface area contributed by atoms with Gasteiger partial charge < -0.3 is 31.6 Å². The Hall–Kier alpha value is -3.11. The van der Waals surface area contributed by atoms with Gasteiger partial charge in [-0.3, -0.25) is 9.59 Å². The summed E-state index contributed by atoms with van der Waals surface area (Å²) in [5.74, 6) is -2.02. The molecular formula is C21H29ClN4O6. The highest BCUT2D eigenvalue weighted by Gasteiger charge is 2.21. The minimum absolute atomic E-state index is 0. The predicted octanol–water partition coefficient (Wildman–Crippen LogP) is 0.851. The van der Waals surface area contributed by atoms with E-state index in [1.807, 2.05) is 0 Å². The molecule has 1 aromatic carbocycles. The van der Waals surface area contributed by atoms with Crippen LogP contribution >= 0.6 is 12.4 Å². The lowest BCUT2D eigenvalue weighted by Crippen LogP contribution is -2.47. The van der Waals surface area contributed by atoms with Gasteiger partial charge in [0.15, 0.2) is 0 Å². The number of nitrogens with two attached hydrogens (primary N) is 2. The summed E-state index contributed by atoms with van der Waals surface area (Å²) in [4.78, 5) is 47.3. The number of amides is 2. The Morgan fingerprint density at radius 3 is 2.53 bits per heavy atom. The van der Waals surface area contributed by atoms with E-state index in [1.54, 1.807) is 25.1 Å². The van der Waals surface area contributed by atoms with Crippen LogP contribution in [0.3, 0.4) is 0 Å². The number of carboxylic acid groups (broad SMARTS) is 1. The second-order valence-electron chi connectivity index (χ2n) is 7.46. The van der Waals surface area contributed by atoms with Crippen LogP contribution in [0.25, 0.3) is 11.0 Å². The molecule has 11 heteroatoms. The monoisotopic (exact) mass is 468 g/mol. The number of rotatable bonds is 10. The van der Waals surface area contributed by atoms with Gasteiger partial charge in [0.1, 0.15) is 11.6 Å². The van der Waals surface area contributed by atoms with Crippen molar-refractivity contribution in [3.8, 4) is 0 Å². The Balaban J connectivity index is 0.00000512. The third-order valence-corrected chi connectivity index (χ3v) is 4.92. The first-order valence-corrected chi connectivity index (χ1v) is 9.97. The minimum atomic E-state index is -1.14. The van der Waals surface area contributed by atoms with Crippen LogP contribution in [0.15, 0.2) is 27.4 Å². The lowest BCUT2D eigenvalue weighted by Gasteiger charge is -2.16. The number of carbonyl (C=O) groups excluding carboxylic acids is 2. The topological polar surface area (TPSA) is 178 Å². The average molecular weight is 469 g/mol. The van der Waals surface area contributed by atoms with Crippen LogP contribution in [0.4, 0.5) is 5.69 Å². The maximum atomic E-state index is 12.3. The predicted molar refractivity (Wildman–Crippen MR) is 123 cm³/mol. The van der Waals surface area contributed by atoms with Gasteiger partial charge in [-0.15, -0.1) is 12.4 Å². The third kappa shape index (κ3) is 7.24. The number of nitrogen functional groups attached to an aromatic ring is 1. The Labute approximate surface area is 191 Å². The second kappa shape index (κ2) is 12.1. The minimum Gasteiger partial charge on any atom is -0.480 e. The molecule has 32 heavy (non-hydrogen) atoms. The Morgan fingerprint density at radius 1 is 1.22 bits per heavy atom. The summed E-state index contributed by atoms with van der Waals surface area (Å²) >= 11 is 0. The number of hydrogen-bond acceptors (Lipinski definition) is 7. The maximum Gasteiger partial charge on any atom is 0.340 e. The van der Waals surface area contributed by atoms with Gasteiger partial charge in [0.2, 0.25) is 11.8 Å². The standard InChI is InChI=1S/C21H28N4O6.ClH/c1-11-14-7-6-13(23)9-17(14)31-21(30)15(11)10-18(26)24-8-4-3-5-16(20(28)29)25-19(27)12(2)22;/h6-7,9,12,16H,3-5,8,10,22-23H2,1-2H3,(H,24,26)(H,25,27)(H,28,29);1H/t12-,16+;/m1./s1. The van der Waals surface area contributed by atoms with Crippen LogP contribution in [0.2, 0.25) is 0 Å². The molecule has 0 saturated heterocycles. The molecule has 1 aromatic heterocycles. The molecule has 1 heterocycles. The normalized spacial score (nSPS) is 12.5. The fraction of sp³-hybridized carbons (Fsp3) is 0.429. The molecule has 0 fully saturated rings. The van der Waals surface area contributed by atoms with E-state index in [2.05, 4.69) is 10.6 Å². The fourth-order valence-corrected chi connectivity index (χ4v) is 3.10.